The molecule has 0 aliphatic carbocycles. The smallest absolute Gasteiger partial charge is 0.129 e. The second-order valence-corrected chi connectivity index (χ2v) is 5.54. The largest absolute Gasteiger partial charge is 0.206 e. The zero-order valence-electron chi connectivity index (χ0n) is 10.3. The standard InChI is InChI=1S/C14H20BrF/c1-4-5-6-7-13(15)12-8-10(2)14(16)11(3)9-12/h8-9,13H,4-7H2,1-3H3. The monoisotopic (exact) mass is 286 g/mol. The van der Waals surface area contributed by atoms with E-state index in [-0.39, 0.29) is 5.82 Å². The third-order valence-corrected chi connectivity index (χ3v) is 3.87. The molecular weight excluding hydrogens is 267 g/mol. The highest BCUT2D eigenvalue weighted by atomic mass is 79.9. The summed E-state index contributed by atoms with van der Waals surface area (Å²) in [6, 6.07) is 3.90. The fourth-order valence-electron chi connectivity index (χ4n) is 1.90. The maximum Gasteiger partial charge on any atom is 0.129 e. The number of halogens is 2. The predicted molar refractivity (Wildman–Crippen MR) is 71.7 cm³/mol. The molecule has 2 heteroatoms. The molecule has 0 N–H and O–H groups in total. The van der Waals surface area contributed by atoms with Crippen LogP contribution in [-0.4, -0.2) is 0 Å². The van der Waals surface area contributed by atoms with Gasteiger partial charge in [0.2, 0.25) is 0 Å². The summed E-state index contributed by atoms with van der Waals surface area (Å²) in [5, 5.41) is 0. The Hall–Kier alpha value is -0.370. The molecule has 0 fully saturated rings. The third kappa shape index (κ3) is 3.58. The van der Waals surface area contributed by atoms with Crippen LogP contribution in [0.1, 0.15) is 54.1 Å². The van der Waals surface area contributed by atoms with E-state index >= 15 is 0 Å². The highest BCUT2D eigenvalue weighted by molar-refractivity contribution is 9.09. The van der Waals surface area contributed by atoms with Gasteiger partial charge in [0.25, 0.3) is 0 Å². The molecule has 1 aromatic carbocycles. The van der Waals surface area contributed by atoms with Crippen molar-refractivity contribution in [2.24, 2.45) is 0 Å². The lowest BCUT2D eigenvalue weighted by Gasteiger charge is -2.12. The van der Waals surface area contributed by atoms with Crippen molar-refractivity contribution in [3.63, 3.8) is 0 Å². The van der Waals surface area contributed by atoms with Gasteiger partial charge in [0.05, 0.1) is 0 Å². The Kier molecular flexibility index (Phi) is 5.47. The number of benzene rings is 1. The molecule has 0 saturated carbocycles. The van der Waals surface area contributed by atoms with Gasteiger partial charge in [-0.15, -0.1) is 0 Å². The molecule has 1 unspecified atom stereocenters. The highest BCUT2D eigenvalue weighted by Gasteiger charge is 2.11. The lowest BCUT2D eigenvalue weighted by Crippen LogP contribution is -1.96. The molecule has 1 rings (SSSR count). The van der Waals surface area contributed by atoms with Gasteiger partial charge in [-0.05, 0) is 37.0 Å². The van der Waals surface area contributed by atoms with Crippen molar-refractivity contribution in [3.8, 4) is 0 Å². The SMILES string of the molecule is CCCCCC(Br)c1cc(C)c(F)c(C)c1. The van der Waals surface area contributed by atoms with Crippen molar-refractivity contribution in [2.75, 3.05) is 0 Å². The average Bonchev–Trinajstić information content (AvgIpc) is 2.25. The van der Waals surface area contributed by atoms with Crippen LogP contribution < -0.4 is 0 Å². The molecule has 1 aromatic rings. The first kappa shape index (κ1) is 13.7. The first-order chi connectivity index (χ1) is 7.56. The molecule has 0 amide bonds. The fraction of sp³-hybridized carbons (Fsp3) is 0.571. The summed E-state index contributed by atoms with van der Waals surface area (Å²) in [7, 11) is 0. The van der Waals surface area contributed by atoms with E-state index in [1.807, 2.05) is 26.0 Å². The Morgan fingerprint density at radius 2 is 1.75 bits per heavy atom. The summed E-state index contributed by atoms with van der Waals surface area (Å²) in [5.74, 6) is -0.0722. The van der Waals surface area contributed by atoms with Gasteiger partial charge in [0, 0.05) is 4.83 Å². The van der Waals surface area contributed by atoms with Crippen molar-refractivity contribution in [2.45, 2.75) is 51.3 Å². The van der Waals surface area contributed by atoms with E-state index < -0.39 is 0 Å². The van der Waals surface area contributed by atoms with E-state index in [1.165, 1.54) is 24.8 Å². The Bertz CT molecular complexity index is 324. The minimum atomic E-state index is -0.0722. The maximum absolute atomic E-state index is 13.5. The van der Waals surface area contributed by atoms with E-state index in [9.17, 15) is 4.39 Å². The summed E-state index contributed by atoms with van der Waals surface area (Å²) in [6.07, 6.45) is 4.85. The number of unbranched alkanes of at least 4 members (excludes halogenated alkanes) is 2. The first-order valence-electron chi connectivity index (χ1n) is 5.97. The Labute approximate surface area is 106 Å². The van der Waals surface area contributed by atoms with Gasteiger partial charge >= 0.3 is 0 Å². The summed E-state index contributed by atoms with van der Waals surface area (Å²) < 4.78 is 13.5. The van der Waals surface area contributed by atoms with Crippen LogP contribution in [0.15, 0.2) is 12.1 Å². The van der Waals surface area contributed by atoms with Gasteiger partial charge in [-0.3, -0.25) is 0 Å². The van der Waals surface area contributed by atoms with E-state index in [4.69, 9.17) is 0 Å². The Morgan fingerprint density at radius 3 is 2.25 bits per heavy atom. The van der Waals surface area contributed by atoms with Gasteiger partial charge in [-0.25, -0.2) is 4.39 Å². The number of alkyl halides is 1. The average molecular weight is 287 g/mol. The highest BCUT2D eigenvalue weighted by Crippen LogP contribution is 2.30. The van der Waals surface area contributed by atoms with Gasteiger partial charge in [-0.2, -0.15) is 0 Å². The molecule has 0 spiro atoms. The van der Waals surface area contributed by atoms with Crippen molar-refractivity contribution in [1.29, 1.82) is 0 Å². The van der Waals surface area contributed by atoms with Crippen LogP contribution in [0.3, 0.4) is 0 Å². The quantitative estimate of drug-likeness (QED) is 0.498. The number of hydrogen-bond donors (Lipinski definition) is 0. The first-order valence-corrected chi connectivity index (χ1v) is 6.88. The van der Waals surface area contributed by atoms with Gasteiger partial charge in [0.15, 0.2) is 0 Å². The van der Waals surface area contributed by atoms with Gasteiger partial charge in [-0.1, -0.05) is 54.2 Å². The normalized spacial score (nSPS) is 12.8. The van der Waals surface area contributed by atoms with Crippen LogP contribution in [0.25, 0.3) is 0 Å². The third-order valence-electron chi connectivity index (χ3n) is 2.88. The van der Waals surface area contributed by atoms with Crippen LogP contribution in [0.4, 0.5) is 4.39 Å². The molecule has 0 aliphatic heterocycles. The molecule has 1 atom stereocenters. The van der Waals surface area contributed by atoms with Crippen LogP contribution in [-0.2, 0) is 0 Å². The van der Waals surface area contributed by atoms with Crippen LogP contribution in [0.5, 0.6) is 0 Å². The molecule has 0 bridgehead atoms. The minimum Gasteiger partial charge on any atom is -0.206 e. The summed E-state index contributed by atoms with van der Waals surface area (Å²) >= 11 is 3.69. The predicted octanol–water partition coefficient (Wildman–Crippen LogP) is 5.46. The molecule has 0 heterocycles. The molecule has 0 radical (unpaired) electrons. The number of aryl methyl sites for hydroxylation is 2. The van der Waals surface area contributed by atoms with Crippen molar-refractivity contribution < 1.29 is 4.39 Å². The van der Waals surface area contributed by atoms with Crippen molar-refractivity contribution in [1.82, 2.24) is 0 Å². The molecule has 0 saturated heterocycles. The molecule has 16 heavy (non-hydrogen) atoms. The van der Waals surface area contributed by atoms with Crippen molar-refractivity contribution in [3.05, 3.63) is 34.6 Å². The Balaban J connectivity index is 2.72. The fourth-order valence-corrected chi connectivity index (χ4v) is 2.49. The summed E-state index contributed by atoms with van der Waals surface area (Å²) in [5.41, 5.74) is 2.69. The Morgan fingerprint density at radius 1 is 1.19 bits per heavy atom. The molecular formula is C14H20BrF. The number of rotatable bonds is 5. The minimum absolute atomic E-state index is 0.0722. The molecule has 90 valence electrons. The van der Waals surface area contributed by atoms with Crippen molar-refractivity contribution >= 4 is 15.9 Å². The van der Waals surface area contributed by atoms with E-state index in [2.05, 4.69) is 22.9 Å². The van der Waals surface area contributed by atoms with Crippen LogP contribution in [0, 0.1) is 19.7 Å². The molecule has 0 aromatic heterocycles. The van der Waals surface area contributed by atoms with Crippen LogP contribution >= 0.6 is 15.9 Å². The zero-order valence-corrected chi connectivity index (χ0v) is 11.9. The molecule has 0 nitrogen and oxygen atoms in total. The van der Waals surface area contributed by atoms with E-state index in [0.717, 1.165) is 17.5 Å². The van der Waals surface area contributed by atoms with E-state index in [1.54, 1.807) is 0 Å². The lowest BCUT2D eigenvalue weighted by atomic mass is 10.0. The van der Waals surface area contributed by atoms with Crippen LogP contribution in [0.2, 0.25) is 0 Å². The van der Waals surface area contributed by atoms with Gasteiger partial charge in [0.1, 0.15) is 5.82 Å². The van der Waals surface area contributed by atoms with E-state index in [0.29, 0.717) is 4.83 Å². The summed E-state index contributed by atoms with van der Waals surface area (Å²) in [4.78, 5) is 0.358. The lowest BCUT2D eigenvalue weighted by molar-refractivity contribution is 0.606. The summed E-state index contributed by atoms with van der Waals surface area (Å²) in [6.45, 7) is 5.87. The maximum atomic E-state index is 13.5. The second-order valence-electron chi connectivity index (χ2n) is 4.43. The second kappa shape index (κ2) is 6.39. The van der Waals surface area contributed by atoms with Gasteiger partial charge < -0.3 is 0 Å². The molecule has 0 aliphatic rings. The number of hydrogen-bond acceptors (Lipinski definition) is 0. The topological polar surface area (TPSA) is 0 Å². The zero-order chi connectivity index (χ0) is 12.1.